The van der Waals surface area contributed by atoms with Crippen LogP contribution in [0, 0.1) is 46.3 Å². The van der Waals surface area contributed by atoms with E-state index >= 15 is 0 Å². The summed E-state index contributed by atoms with van der Waals surface area (Å²) in [6.45, 7) is 23.5. The zero-order chi connectivity index (χ0) is 110. The summed E-state index contributed by atoms with van der Waals surface area (Å²) in [5, 5.41) is 105. The number of hydrogen-bond acceptors (Lipinski definition) is 31. The third kappa shape index (κ3) is 41.5. The van der Waals surface area contributed by atoms with Crippen LogP contribution in [0.25, 0.3) is 42.8 Å². The lowest BCUT2D eigenvalue weighted by atomic mass is 9.93. The Kier molecular flexibility index (Phi) is 53.0. The molecule has 40 heteroatoms. The van der Waals surface area contributed by atoms with E-state index < -0.39 is 38.1 Å². The molecule has 0 amide bonds. The lowest BCUT2D eigenvalue weighted by Gasteiger charge is -2.15. The number of hydrogen-bond donors (Lipinski definition) is 23. The quantitative estimate of drug-likeness (QED) is 0.0382. The van der Waals surface area contributed by atoms with Crippen LogP contribution in [0.3, 0.4) is 0 Å². The molecule has 145 heavy (non-hydrogen) atoms. The van der Waals surface area contributed by atoms with Gasteiger partial charge in [-0.05, 0) is 303 Å². The highest BCUT2D eigenvalue weighted by atomic mass is 79.9. The Hall–Kier alpha value is -15.6. The third-order valence-corrected chi connectivity index (χ3v) is 23.8. The van der Waals surface area contributed by atoms with Crippen molar-refractivity contribution in [3.63, 3.8) is 0 Å². The molecule has 34 N–H and O–H groups in total. The lowest BCUT2D eigenvalue weighted by Crippen LogP contribution is -1.99. The zero-order valence-corrected chi connectivity index (χ0v) is 87.5. The van der Waals surface area contributed by atoms with Gasteiger partial charge in [-0.15, -0.1) is 11.3 Å². The van der Waals surface area contributed by atoms with Crippen LogP contribution in [0.1, 0.15) is 116 Å². The first kappa shape index (κ1) is 125. The summed E-state index contributed by atoms with van der Waals surface area (Å²) in [6.07, 6.45) is 1.57. The summed E-state index contributed by atoms with van der Waals surface area (Å²) in [6, 6.07) is 67.1. The van der Waals surface area contributed by atoms with Crippen LogP contribution in [-0.2, 0) is 45.3 Å². The van der Waals surface area contributed by atoms with Gasteiger partial charge >= 0.3 is 18.5 Å². The van der Waals surface area contributed by atoms with Gasteiger partial charge < -0.3 is 119 Å². The number of phenolic OH excluding ortho intramolecular Hbond substituents is 11. The maximum atomic E-state index is 12.3. The van der Waals surface area contributed by atoms with Crippen LogP contribution in [0.15, 0.2) is 250 Å². The number of aromatic hydroxyl groups is 11. The Morgan fingerprint density at radius 2 is 0.697 bits per heavy atom. The number of anilines is 11. The van der Waals surface area contributed by atoms with Crippen LogP contribution in [0.4, 0.5) is 71.3 Å². The molecule has 0 atom stereocenters. The molecule has 0 unspecified atom stereocenters. The second kappa shape index (κ2) is 61.3. The summed E-state index contributed by atoms with van der Waals surface area (Å²) in [5.41, 5.74) is 78.9. The Morgan fingerprint density at radius 1 is 0.345 bits per heavy atom. The van der Waals surface area contributed by atoms with Crippen molar-refractivity contribution in [3.05, 3.63) is 322 Å². The number of nitrogen functional groups attached to an aromatic ring is 11. The van der Waals surface area contributed by atoms with Crippen molar-refractivity contribution in [1.82, 2.24) is 0 Å². The number of phenols is 11. The van der Waals surface area contributed by atoms with Gasteiger partial charge in [0.05, 0.1) is 24.0 Å². The summed E-state index contributed by atoms with van der Waals surface area (Å²) in [5.74, 6) is -0.525. The molecule has 31 nitrogen and oxygen atoms in total. The second-order valence-corrected chi connectivity index (χ2v) is 37.1. The van der Waals surface area contributed by atoms with E-state index in [1.807, 2.05) is 146 Å². The van der Waals surface area contributed by atoms with Gasteiger partial charge in [0.2, 0.25) is 0 Å². The largest absolute Gasteiger partial charge is 0.508 e. The number of carbonyl (C=O) groups excluding carboxylic acids is 6. The summed E-state index contributed by atoms with van der Waals surface area (Å²) >= 11 is 24.5. The molecule has 1 heterocycles. The maximum absolute atomic E-state index is 12.3. The van der Waals surface area contributed by atoms with Crippen LogP contribution in [-0.4, -0.2) is 87.6 Å². The average molecular weight is 2220 g/mol. The van der Waals surface area contributed by atoms with E-state index in [0.29, 0.717) is 106 Å². The molecule has 15 aromatic rings. The minimum atomic E-state index is -4.39. The van der Waals surface area contributed by atoms with Gasteiger partial charge in [-0.2, -0.15) is 37.2 Å². The molecule has 15 rings (SSSR count). The molecule has 0 aliphatic heterocycles. The van der Waals surface area contributed by atoms with Crippen molar-refractivity contribution in [2.45, 2.75) is 112 Å². The predicted octanol–water partition coefficient (Wildman–Crippen LogP) is 23.7. The number of benzene rings is 14. The van der Waals surface area contributed by atoms with Crippen molar-refractivity contribution < 1.29 is 107 Å². The van der Waals surface area contributed by atoms with Gasteiger partial charge in [0.1, 0.15) is 56.6 Å². The van der Waals surface area contributed by atoms with E-state index in [1.54, 1.807) is 91.1 Å². The molecule has 0 radical (unpaired) electrons. The van der Waals surface area contributed by atoms with E-state index in [-0.39, 0.29) is 62.9 Å². The van der Waals surface area contributed by atoms with Crippen molar-refractivity contribution >= 4 is 179 Å². The van der Waals surface area contributed by atoms with E-state index in [2.05, 4.69) is 77.8 Å². The Bertz CT molecular complexity index is 6610. The fourth-order valence-electron chi connectivity index (χ4n) is 12.3. The number of rotatable bonds is 8. The average Bonchev–Trinajstić information content (AvgIpc) is 1.69. The van der Waals surface area contributed by atoms with Crippen molar-refractivity contribution in [2.24, 2.45) is 0 Å². The maximum Gasteiger partial charge on any atom is 0.373 e. The third-order valence-electron chi connectivity index (χ3n) is 19.7. The van der Waals surface area contributed by atoms with Gasteiger partial charge in [0, 0.05) is 101 Å². The molecular formula is C105H114Br2Cl3F2N11O20S2. The normalized spacial score (nSPS) is 9.92. The molecule has 0 spiro atoms. The lowest BCUT2D eigenvalue weighted by molar-refractivity contribution is -0.193. The zero-order valence-electron chi connectivity index (χ0n) is 80.4. The Balaban J connectivity index is 0.000000539. The monoisotopic (exact) mass is 2210 g/mol. The van der Waals surface area contributed by atoms with Gasteiger partial charge in [-0.1, -0.05) is 162 Å². The Morgan fingerprint density at radius 3 is 1.10 bits per heavy atom. The predicted molar refractivity (Wildman–Crippen MR) is 580 cm³/mol. The van der Waals surface area contributed by atoms with Gasteiger partial charge in [0.15, 0.2) is 23.1 Å². The molecule has 0 aliphatic carbocycles. The van der Waals surface area contributed by atoms with Crippen molar-refractivity contribution in [1.29, 1.82) is 0 Å². The van der Waals surface area contributed by atoms with Crippen molar-refractivity contribution in [3.8, 4) is 95.9 Å². The van der Waals surface area contributed by atoms with Gasteiger partial charge in [0.25, 0.3) is 10.1 Å². The first-order valence-corrected chi connectivity index (χ1v) is 47.5. The van der Waals surface area contributed by atoms with Crippen LogP contribution in [0.2, 0.25) is 15.1 Å². The molecule has 1 aromatic heterocycles. The van der Waals surface area contributed by atoms with Crippen molar-refractivity contribution in [2.75, 3.05) is 63.1 Å². The molecule has 0 bridgehead atoms. The standard InChI is InChI=1S/C18H15NO.C15H13NOS.C12H19NO.C10H15NO.C9H13NO.C7H8ClNO.C7H9NO.C6H5Br2NO.C6H5Cl2NO.C6H5F2NO.C6H7NO4S.3CO2/c19-15-11-16(13-7-3-1-4-8-13)18(20)17(12-15)14-9-5-2-6-10-14;1-9-6-11(16)8-12(15(9)17)14-7-10-4-2-3-5-13(10)18-14;1-7(2)10-5-9(13)6-11(8(3)4)12(10)14;1-4-8-5-9(11)6(2)7(3)10(8)12;1-6(2)8-5-7(10)3-4-9(8)11;1-4-2-5(9)3-6(8)7(4)10;1-5-4-6(8)2-3-7(5)9;3*7-4-1-3(9)2-5(8)6(4)10;7-4-1-2-5(8)6(3-4)12(9,10)11;3*2-1-3/h1-12,20H,19H2;2-8,17H,16H2,1H3;5-8,14H,13H2,1-4H3;5,12H,4,11H2,1-3H3;3-6,11H,10H2,1-2H3;2-3,10H,9H2,1H3;2-4,9H,8H2,1H3;3*1-2,10H,9H2;1-3,8H,7H2,(H,9,10,11);;;. The molecule has 770 valence electrons. The van der Waals surface area contributed by atoms with Gasteiger partial charge in [-0.3, -0.25) is 4.55 Å². The van der Waals surface area contributed by atoms with E-state index in [4.69, 9.17) is 157 Å². The number of thiophene rings is 1. The molecule has 0 saturated carbocycles. The first-order valence-electron chi connectivity index (χ1n) is 42.6. The minimum Gasteiger partial charge on any atom is -0.508 e. The van der Waals surface area contributed by atoms with E-state index in [0.717, 1.165) is 119 Å². The topological polar surface area (TPSA) is 666 Å². The number of fused-ring (bicyclic) bond motifs is 1. The van der Waals surface area contributed by atoms with E-state index in [1.165, 1.54) is 34.4 Å². The second-order valence-electron chi connectivity index (χ2n) is 31.7. The van der Waals surface area contributed by atoms with Crippen LogP contribution in [0.5, 0.6) is 63.2 Å². The smallest absolute Gasteiger partial charge is 0.373 e. The number of aryl methyl sites for hydroxylation is 4. The number of halogens is 7. The first-order chi connectivity index (χ1) is 67.8. The fourth-order valence-corrected chi connectivity index (χ4v) is 16.0. The number of nitrogens with two attached hydrogens (primary N) is 11. The highest BCUT2D eigenvalue weighted by molar-refractivity contribution is 9.11. The summed E-state index contributed by atoms with van der Waals surface area (Å²) in [7, 11) is -4.39. The molecule has 0 aliphatic rings. The highest BCUT2D eigenvalue weighted by Crippen LogP contribution is 2.44. The fraction of sp³-hybridized carbons (Fsp3) is 0.152. The van der Waals surface area contributed by atoms with E-state index in [9.17, 15) is 47.8 Å². The van der Waals surface area contributed by atoms with Crippen LogP contribution >= 0.6 is 78.0 Å². The Labute approximate surface area is 873 Å². The molecular weight excluding hydrogens is 2100 g/mol. The molecule has 0 saturated heterocycles. The summed E-state index contributed by atoms with van der Waals surface area (Å²) in [4.78, 5) is 49.2. The SMILES string of the molecule is CC(C)c1cc(N)cc(C(C)C)c1O.CC(C)c1cc(N)ccc1O.CCc1cc(N)c(C)c(C)c1O.Cc1cc(N)cc(-c2cc3ccccc3s2)c1O.Cc1cc(N)cc(Cl)c1O.Cc1cc(N)ccc1O.Nc1cc(-c2ccccc2)c(O)c(-c2ccccc2)c1.Nc1cc(Br)c(O)c(Br)c1.Nc1cc(Cl)c(O)c(Cl)c1.Nc1cc(F)c(O)c(F)c1.Nc1ccc(O)c(S(=O)(=O)O)c1.O=C=O.O=C=O.O=C=O. The molecule has 0 fully saturated rings. The molecule has 14 aromatic carbocycles. The highest BCUT2D eigenvalue weighted by Gasteiger charge is 2.19. The van der Waals surface area contributed by atoms with Gasteiger partial charge in [-0.25, -0.2) is 8.78 Å². The summed E-state index contributed by atoms with van der Waals surface area (Å²) < 4.78 is 56.6. The minimum absolute atomic E-state index is 0.0483. The van der Waals surface area contributed by atoms with Crippen LogP contribution < -0.4 is 63.1 Å².